The molecule has 0 saturated heterocycles. The van der Waals surface area contributed by atoms with Crippen LogP contribution in [0.4, 0.5) is 26.3 Å². The van der Waals surface area contributed by atoms with E-state index in [2.05, 4.69) is 0 Å². The van der Waals surface area contributed by atoms with Gasteiger partial charge in [-0.25, -0.2) is 13.2 Å². The summed E-state index contributed by atoms with van der Waals surface area (Å²) in [6, 6.07) is 4.40. The number of methoxy groups -OCH3 is 2. The number of aryl methyl sites for hydroxylation is 1. The summed E-state index contributed by atoms with van der Waals surface area (Å²) in [7, 11) is 4.96. The van der Waals surface area contributed by atoms with E-state index in [9.17, 15) is 31.1 Å². The van der Waals surface area contributed by atoms with Gasteiger partial charge in [-0.05, 0) is 68.6 Å². The van der Waals surface area contributed by atoms with Crippen LogP contribution in [0.15, 0.2) is 18.2 Å². The zero-order chi connectivity index (χ0) is 32.4. The molecular weight excluding hydrogens is 578 g/mol. The predicted octanol–water partition coefficient (Wildman–Crippen LogP) is 6.32. The maximum absolute atomic E-state index is 14.0. The third-order valence-electron chi connectivity index (χ3n) is 8.07. The highest BCUT2D eigenvalue weighted by Crippen LogP contribution is 2.48. The Hall–Kier alpha value is -1.89. The lowest BCUT2D eigenvalue weighted by Crippen LogP contribution is -2.49. The van der Waals surface area contributed by atoms with Crippen LogP contribution in [0.25, 0.3) is 0 Å². The van der Waals surface area contributed by atoms with Gasteiger partial charge >= 0.3 is 12.1 Å². The van der Waals surface area contributed by atoms with E-state index < -0.39 is 47.7 Å². The molecule has 43 heavy (non-hydrogen) atoms. The Balaban J connectivity index is 2.17. The van der Waals surface area contributed by atoms with Crippen LogP contribution in [0.5, 0.6) is 0 Å². The highest BCUT2D eigenvalue weighted by molar-refractivity contribution is 5.71. The lowest BCUT2D eigenvalue weighted by atomic mass is 9.65. The van der Waals surface area contributed by atoms with Crippen molar-refractivity contribution in [2.45, 2.75) is 77.0 Å². The van der Waals surface area contributed by atoms with Gasteiger partial charge in [-0.3, -0.25) is 9.69 Å². The van der Waals surface area contributed by atoms with Crippen LogP contribution >= 0.6 is 0 Å². The summed E-state index contributed by atoms with van der Waals surface area (Å²) in [6.45, 7) is 7.76. The third kappa shape index (κ3) is 11.9. The molecule has 248 valence electrons. The van der Waals surface area contributed by atoms with Crippen molar-refractivity contribution >= 4 is 5.97 Å². The Kier molecular flexibility index (Phi) is 14.3. The molecule has 2 atom stereocenters. The van der Waals surface area contributed by atoms with Gasteiger partial charge in [0, 0.05) is 45.1 Å². The van der Waals surface area contributed by atoms with Crippen molar-refractivity contribution in [2.75, 3.05) is 67.2 Å². The summed E-state index contributed by atoms with van der Waals surface area (Å²) in [5.41, 5.74) is -0.131. The van der Waals surface area contributed by atoms with E-state index in [-0.39, 0.29) is 25.3 Å². The van der Waals surface area contributed by atoms with Gasteiger partial charge in [-0.15, -0.1) is 0 Å². The molecule has 1 aromatic carbocycles. The molecule has 0 spiro atoms. The molecule has 0 heterocycles. The fourth-order valence-corrected chi connectivity index (χ4v) is 6.57. The van der Waals surface area contributed by atoms with Gasteiger partial charge in [0.15, 0.2) is 0 Å². The largest absolute Gasteiger partial charge is 0.458 e. The van der Waals surface area contributed by atoms with Gasteiger partial charge in [0.1, 0.15) is 17.8 Å². The van der Waals surface area contributed by atoms with Gasteiger partial charge in [0.25, 0.3) is 6.43 Å². The molecule has 0 N–H and O–H groups in total. The number of benzene rings is 1. The van der Waals surface area contributed by atoms with Crippen LogP contribution in [-0.2, 0) is 25.4 Å². The molecule has 6 nitrogen and oxygen atoms in total. The second-order valence-electron chi connectivity index (χ2n) is 12.6. The summed E-state index contributed by atoms with van der Waals surface area (Å²) in [5.74, 6) is -2.26. The number of fused-ring (bicyclic) bond motifs is 1. The van der Waals surface area contributed by atoms with Crippen molar-refractivity contribution in [1.82, 2.24) is 9.80 Å². The molecule has 0 amide bonds. The van der Waals surface area contributed by atoms with Gasteiger partial charge in [-0.2, -0.15) is 13.2 Å². The summed E-state index contributed by atoms with van der Waals surface area (Å²) in [6.07, 6.45) is -7.42. The molecule has 2 rings (SSSR count). The van der Waals surface area contributed by atoms with E-state index in [0.29, 0.717) is 52.2 Å². The van der Waals surface area contributed by atoms with E-state index in [4.69, 9.17) is 14.2 Å². The van der Waals surface area contributed by atoms with Gasteiger partial charge in [-0.1, -0.05) is 26.8 Å². The van der Waals surface area contributed by atoms with Crippen molar-refractivity contribution in [2.24, 2.45) is 11.3 Å². The standard InChI is InChI=1S/C31H48F6N2O4/c1-22(2)28-25-9-8-24(32)16-23(25)10-11-30(28,43-27(40)17-31(35,36)37)12-15-38(4)13-7-14-39(18-26(33)34)19-29(3,20-41-5)21-42-6/h8-9,16,22,26,28H,7,10-15,17-21H2,1-6H3/t28-,30-/m0/s1. The quantitative estimate of drug-likeness (QED) is 0.140. The first-order chi connectivity index (χ1) is 20.0. The monoisotopic (exact) mass is 626 g/mol. The molecule has 0 unspecified atom stereocenters. The van der Waals surface area contributed by atoms with E-state index in [1.54, 1.807) is 25.2 Å². The van der Waals surface area contributed by atoms with Gasteiger partial charge in [0.05, 0.1) is 19.8 Å². The number of hydrogen-bond donors (Lipinski definition) is 0. The Labute approximate surface area is 252 Å². The molecule has 0 saturated carbocycles. The van der Waals surface area contributed by atoms with Crippen LogP contribution in [0.3, 0.4) is 0 Å². The van der Waals surface area contributed by atoms with Gasteiger partial charge in [0.2, 0.25) is 0 Å². The topological polar surface area (TPSA) is 51.2 Å². The number of esters is 1. The van der Waals surface area contributed by atoms with E-state index in [1.165, 1.54) is 12.1 Å². The lowest BCUT2D eigenvalue weighted by molar-refractivity contribution is -0.189. The Morgan fingerprint density at radius 3 is 2.30 bits per heavy atom. The maximum atomic E-state index is 14.0. The fourth-order valence-electron chi connectivity index (χ4n) is 6.57. The number of nitrogens with zero attached hydrogens (tertiary/aromatic N) is 2. The van der Waals surface area contributed by atoms with Crippen molar-refractivity contribution in [3.63, 3.8) is 0 Å². The molecule has 0 radical (unpaired) electrons. The molecule has 1 aliphatic carbocycles. The third-order valence-corrected chi connectivity index (χ3v) is 8.07. The second kappa shape index (κ2) is 16.4. The average Bonchev–Trinajstić information content (AvgIpc) is 2.86. The van der Waals surface area contributed by atoms with E-state index in [0.717, 1.165) is 11.1 Å². The molecule has 0 aromatic heterocycles. The summed E-state index contributed by atoms with van der Waals surface area (Å²) in [4.78, 5) is 16.2. The van der Waals surface area contributed by atoms with Crippen LogP contribution in [0, 0.1) is 17.2 Å². The van der Waals surface area contributed by atoms with E-state index in [1.807, 2.05) is 32.7 Å². The Morgan fingerprint density at radius 1 is 1.09 bits per heavy atom. The lowest BCUT2D eigenvalue weighted by Gasteiger charge is -2.47. The number of ether oxygens (including phenoxy) is 3. The maximum Gasteiger partial charge on any atom is 0.399 e. The minimum Gasteiger partial charge on any atom is -0.458 e. The number of rotatable bonds is 18. The number of carbonyl (C=O) groups excluding carboxylic acids is 1. The highest BCUT2D eigenvalue weighted by atomic mass is 19.4. The second-order valence-corrected chi connectivity index (χ2v) is 12.6. The van der Waals surface area contributed by atoms with Crippen LogP contribution in [0.2, 0.25) is 0 Å². The zero-order valence-electron chi connectivity index (χ0n) is 26.2. The number of alkyl halides is 5. The Bertz CT molecular complexity index is 1000. The van der Waals surface area contributed by atoms with Crippen molar-refractivity contribution < 1.29 is 45.3 Å². The first kappa shape index (κ1) is 37.3. The number of halogens is 6. The molecular formula is C31H48F6N2O4. The predicted molar refractivity (Wildman–Crippen MR) is 153 cm³/mol. The van der Waals surface area contributed by atoms with Crippen molar-refractivity contribution in [3.05, 3.63) is 35.1 Å². The molecule has 0 aliphatic heterocycles. The van der Waals surface area contributed by atoms with Crippen LogP contribution < -0.4 is 0 Å². The summed E-state index contributed by atoms with van der Waals surface area (Å²) >= 11 is 0. The van der Waals surface area contributed by atoms with Crippen LogP contribution in [0.1, 0.15) is 63.5 Å². The average molecular weight is 627 g/mol. The fraction of sp³-hybridized carbons (Fsp3) is 0.774. The summed E-state index contributed by atoms with van der Waals surface area (Å²) in [5, 5.41) is 0. The minimum atomic E-state index is -4.70. The molecule has 0 fully saturated rings. The first-order valence-corrected chi connectivity index (χ1v) is 14.8. The molecule has 12 heteroatoms. The molecule has 1 aliphatic rings. The first-order valence-electron chi connectivity index (χ1n) is 14.8. The van der Waals surface area contributed by atoms with E-state index >= 15 is 0 Å². The normalized spacial score (nSPS) is 19.5. The number of hydrogen-bond acceptors (Lipinski definition) is 6. The minimum absolute atomic E-state index is 0.107. The molecule has 0 bridgehead atoms. The SMILES string of the molecule is COCC(C)(COC)CN(CCCN(C)CC[C@@]1(OC(=O)CC(F)(F)F)CCc2cc(F)ccc2[C@@H]1C(C)C)CC(F)F. The van der Waals surface area contributed by atoms with Crippen LogP contribution in [-0.4, -0.2) is 101 Å². The summed E-state index contributed by atoms with van der Waals surface area (Å²) < 4.78 is 96.4. The zero-order valence-corrected chi connectivity index (χ0v) is 26.2. The highest BCUT2D eigenvalue weighted by Gasteiger charge is 2.49. The molecule has 1 aromatic rings. The smallest absolute Gasteiger partial charge is 0.399 e. The van der Waals surface area contributed by atoms with Crippen molar-refractivity contribution in [3.8, 4) is 0 Å². The van der Waals surface area contributed by atoms with Crippen molar-refractivity contribution in [1.29, 1.82) is 0 Å². The Morgan fingerprint density at radius 2 is 1.74 bits per heavy atom. The van der Waals surface area contributed by atoms with Gasteiger partial charge < -0.3 is 19.1 Å². The number of carbonyl (C=O) groups is 1.